The van der Waals surface area contributed by atoms with E-state index in [0.29, 0.717) is 6.42 Å². The second-order valence-corrected chi connectivity index (χ2v) is 3.71. The summed E-state index contributed by atoms with van der Waals surface area (Å²) >= 11 is 0. The lowest BCUT2D eigenvalue weighted by Gasteiger charge is -2.12. The molecule has 0 radical (unpaired) electrons. The summed E-state index contributed by atoms with van der Waals surface area (Å²) < 4.78 is 46.4. The van der Waals surface area contributed by atoms with Crippen LogP contribution in [-0.4, -0.2) is 49.6 Å². The minimum Gasteiger partial charge on any atom is -0.418 e. The van der Waals surface area contributed by atoms with E-state index in [4.69, 9.17) is 4.74 Å². The number of ketones is 1. The van der Waals surface area contributed by atoms with Gasteiger partial charge < -0.3 is 22.0 Å². The molecule has 0 aromatic carbocycles. The molecule has 0 N–H and O–H groups in total. The van der Waals surface area contributed by atoms with Gasteiger partial charge in [0.2, 0.25) is 0 Å². The monoisotopic (exact) mass is 257 g/mol. The number of halogens is 4. The maximum Gasteiger partial charge on any atom is 0.673 e. The first kappa shape index (κ1) is 16.1. The summed E-state index contributed by atoms with van der Waals surface area (Å²) in [6.07, 6.45) is 0.583. The molecule has 0 aromatic rings. The van der Waals surface area contributed by atoms with Crippen LogP contribution in [0, 0.1) is 0 Å². The molecule has 0 aliphatic carbocycles. The highest BCUT2D eigenvalue weighted by Gasteiger charge is 2.20. The molecule has 0 aromatic heterocycles. The molecule has 1 heterocycles. The van der Waals surface area contributed by atoms with Crippen LogP contribution in [0.1, 0.15) is 20.3 Å². The highest BCUT2D eigenvalue weighted by Crippen LogP contribution is 2.06. The maximum absolute atomic E-state index is 10.8. The van der Waals surface area contributed by atoms with Crippen LogP contribution in [0.3, 0.4) is 0 Å². The van der Waals surface area contributed by atoms with Crippen LogP contribution in [0.5, 0.6) is 0 Å². The molecule has 0 atom stereocenters. The lowest BCUT2D eigenvalue weighted by Crippen LogP contribution is -2.32. The van der Waals surface area contributed by atoms with Crippen molar-refractivity contribution in [1.29, 1.82) is 0 Å². The third-order valence-electron chi connectivity index (χ3n) is 2.06. The standard InChI is InChI=1S/C9H16NO2.BF4/c1-8(7-9(2)11)10-3-5-12-6-4-10;2-1(3,4)5/h3-7H2,1-2H3;/q+1;-1. The van der Waals surface area contributed by atoms with Gasteiger partial charge >= 0.3 is 7.25 Å². The number of rotatable bonds is 2. The fourth-order valence-electron chi connectivity index (χ4n) is 1.42. The Labute approximate surface area is 97.6 Å². The number of Topliss-reactive ketones (excluding diaryl/α,β-unsaturated/α-hetero) is 1. The molecule has 8 heteroatoms. The molecule has 0 spiro atoms. The van der Waals surface area contributed by atoms with Gasteiger partial charge in [-0.05, 0) is 6.92 Å². The van der Waals surface area contributed by atoms with Gasteiger partial charge in [0.05, 0.1) is 6.42 Å². The molecular formula is C9H16BF4NO2. The molecule has 100 valence electrons. The van der Waals surface area contributed by atoms with E-state index in [2.05, 4.69) is 4.58 Å². The van der Waals surface area contributed by atoms with E-state index >= 15 is 0 Å². The Morgan fingerprint density at radius 2 is 1.59 bits per heavy atom. The Balaban J connectivity index is 0.000000437. The highest BCUT2D eigenvalue weighted by molar-refractivity contribution is 6.50. The predicted molar refractivity (Wildman–Crippen MR) is 57.0 cm³/mol. The first-order valence-electron chi connectivity index (χ1n) is 5.22. The number of hydrogen-bond acceptors (Lipinski definition) is 2. The predicted octanol–water partition coefficient (Wildman–Crippen LogP) is 1.77. The lowest BCUT2D eigenvalue weighted by atomic mass is 10.2. The molecule has 1 fully saturated rings. The Bertz CT molecular complexity index is 277. The molecule has 1 aliphatic rings. The number of carbonyl (C=O) groups is 1. The van der Waals surface area contributed by atoms with Gasteiger partial charge in [-0.15, -0.1) is 0 Å². The van der Waals surface area contributed by atoms with E-state index in [1.165, 1.54) is 5.71 Å². The summed E-state index contributed by atoms with van der Waals surface area (Å²) in [5.74, 6) is 0.235. The van der Waals surface area contributed by atoms with Crippen molar-refractivity contribution in [3.63, 3.8) is 0 Å². The first-order chi connectivity index (χ1) is 7.70. The fraction of sp³-hybridized carbons (Fsp3) is 0.778. The van der Waals surface area contributed by atoms with Crippen LogP contribution in [0.2, 0.25) is 0 Å². The molecule has 1 rings (SSSR count). The van der Waals surface area contributed by atoms with Gasteiger partial charge in [-0.1, -0.05) is 0 Å². The van der Waals surface area contributed by atoms with Crippen LogP contribution in [0.4, 0.5) is 17.3 Å². The van der Waals surface area contributed by atoms with Gasteiger partial charge in [-0.25, -0.2) is 4.58 Å². The highest BCUT2D eigenvalue weighted by atomic mass is 19.5. The van der Waals surface area contributed by atoms with E-state index in [1.54, 1.807) is 6.92 Å². The Kier molecular flexibility index (Phi) is 7.02. The quantitative estimate of drug-likeness (QED) is 0.428. The van der Waals surface area contributed by atoms with Crippen LogP contribution >= 0.6 is 0 Å². The molecule has 17 heavy (non-hydrogen) atoms. The summed E-state index contributed by atoms with van der Waals surface area (Å²) in [7, 11) is -6.00. The summed E-state index contributed by atoms with van der Waals surface area (Å²) in [6, 6.07) is 0. The molecule has 0 bridgehead atoms. The van der Waals surface area contributed by atoms with E-state index < -0.39 is 7.25 Å². The van der Waals surface area contributed by atoms with Crippen LogP contribution < -0.4 is 0 Å². The van der Waals surface area contributed by atoms with Crippen molar-refractivity contribution in [3.8, 4) is 0 Å². The summed E-state index contributed by atoms with van der Waals surface area (Å²) in [4.78, 5) is 10.8. The summed E-state index contributed by atoms with van der Waals surface area (Å²) in [6.45, 7) is 7.08. The van der Waals surface area contributed by atoms with Crippen molar-refractivity contribution >= 4 is 18.7 Å². The minimum atomic E-state index is -6.00. The molecule has 0 unspecified atom stereocenters. The van der Waals surface area contributed by atoms with E-state index in [1.807, 2.05) is 6.92 Å². The molecule has 1 saturated heterocycles. The van der Waals surface area contributed by atoms with E-state index in [-0.39, 0.29) is 5.78 Å². The van der Waals surface area contributed by atoms with Crippen LogP contribution in [0.25, 0.3) is 0 Å². The largest absolute Gasteiger partial charge is 0.673 e. The molecule has 0 saturated carbocycles. The van der Waals surface area contributed by atoms with Gasteiger partial charge in [-0.2, -0.15) is 0 Å². The van der Waals surface area contributed by atoms with Gasteiger partial charge in [0.1, 0.15) is 19.0 Å². The number of morpholine rings is 1. The third-order valence-corrected chi connectivity index (χ3v) is 2.06. The van der Waals surface area contributed by atoms with E-state index in [9.17, 15) is 22.1 Å². The smallest absolute Gasteiger partial charge is 0.418 e. The normalized spacial score (nSPS) is 16.0. The zero-order valence-electron chi connectivity index (χ0n) is 9.89. The van der Waals surface area contributed by atoms with E-state index in [0.717, 1.165) is 26.3 Å². The third kappa shape index (κ3) is 11.4. The SMILES string of the molecule is CC(=O)CC(C)=[N+]1CCOCC1.F[B-](F)(F)F. The summed E-state index contributed by atoms with van der Waals surface area (Å²) in [5, 5.41) is 0. The van der Waals surface area contributed by atoms with Gasteiger partial charge in [-0.3, -0.25) is 4.79 Å². The first-order valence-corrected chi connectivity index (χ1v) is 5.22. The van der Waals surface area contributed by atoms with Crippen molar-refractivity contribution in [3.05, 3.63) is 0 Å². The van der Waals surface area contributed by atoms with Crippen molar-refractivity contribution in [2.75, 3.05) is 26.3 Å². The van der Waals surface area contributed by atoms with Crippen molar-refractivity contribution in [1.82, 2.24) is 0 Å². The molecule has 0 amide bonds. The second-order valence-electron chi connectivity index (χ2n) is 3.71. The van der Waals surface area contributed by atoms with Gasteiger partial charge in [0.25, 0.3) is 0 Å². The number of hydrogen-bond donors (Lipinski definition) is 0. The minimum absolute atomic E-state index is 0.235. The van der Waals surface area contributed by atoms with Gasteiger partial charge in [0.15, 0.2) is 18.8 Å². The maximum atomic E-state index is 10.8. The van der Waals surface area contributed by atoms with Crippen molar-refractivity contribution in [2.45, 2.75) is 20.3 Å². The Morgan fingerprint density at radius 1 is 1.18 bits per heavy atom. The fourth-order valence-corrected chi connectivity index (χ4v) is 1.42. The number of ether oxygens (including phenoxy) is 1. The average Bonchev–Trinajstić information content (AvgIpc) is 2.15. The topological polar surface area (TPSA) is 29.3 Å². The molecular weight excluding hydrogens is 241 g/mol. The number of nitrogens with zero attached hydrogens (tertiary/aromatic N) is 1. The zero-order chi connectivity index (χ0) is 13.5. The van der Waals surface area contributed by atoms with Crippen molar-refractivity contribution < 1.29 is 31.4 Å². The van der Waals surface area contributed by atoms with Crippen molar-refractivity contribution in [2.24, 2.45) is 0 Å². The Morgan fingerprint density at radius 3 is 1.94 bits per heavy atom. The van der Waals surface area contributed by atoms with Gasteiger partial charge in [0, 0.05) is 6.92 Å². The van der Waals surface area contributed by atoms with Crippen LogP contribution in [-0.2, 0) is 9.53 Å². The number of carbonyl (C=O) groups excluding carboxylic acids is 1. The van der Waals surface area contributed by atoms with Crippen LogP contribution in [0.15, 0.2) is 0 Å². The molecule has 1 aliphatic heterocycles. The summed E-state index contributed by atoms with van der Waals surface area (Å²) in [5.41, 5.74) is 1.17. The molecule has 3 nitrogen and oxygen atoms in total. The Hall–Kier alpha value is -0.915. The average molecular weight is 257 g/mol. The lowest BCUT2D eigenvalue weighted by molar-refractivity contribution is -0.550. The second kappa shape index (κ2) is 7.42. The zero-order valence-corrected chi connectivity index (χ0v) is 9.89.